The van der Waals surface area contributed by atoms with E-state index < -0.39 is 0 Å². The van der Waals surface area contributed by atoms with Gasteiger partial charge in [0.2, 0.25) is 0 Å². The fourth-order valence-electron chi connectivity index (χ4n) is 4.21. The summed E-state index contributed by atoms with van der Waals surface area (Å²) >= 11 is 0. The number of fused-ring (bicyclic) bond motifs is 1. The number of ketones is 1. The highest BCUT2D eigenvalue weighted by Crippen LogP contribution is 2.30. The molecule has 0 radical (unpaired) electrons. The van der Waals surface area contributed by atoms with E-state index in [4.69, 9.17) is 6.57 Å². The van der Waals surface area contributed by atoms with Gasteiger partial charge in [-0.3, -0.25) is 14.7 Å². The Hall–Kier alpha value is -2.97. The van der Waals surface area contributed by atoms with Crippen LogP contribution in [0.25, 0.3) is 21.6 Å². The van der Waals surface area contributed by atoms with Crippen molar-refractivity contribution in [3.05, 3.63) is 64.8 Å². The highest BCUT2D eigenvalue weighted by molar-refractivity contribution is 6.09. The molecule has 3 heterocycles. The Kier molecular flexibility index (Phi) is 4.74. The maximum atomic E-state index is 13.3. The summed E-state index contributed by atoms with van der Waals surface area (Å²) in [6.45, 7) is 14.8. The maximum absolute atomic E-state index is 13.3. The second-order valence-corrected chi connectivity index (χ2v) is 7.69. The maximum Gasteiger partial charge on any atom is 0.187 e. The summed E-state index contributed by atoms with van der Waals surface area (Å²) in [6, 6.07) is 10.0. The first-order valence-corrected chi connectivity index (χ1v) is 9.72. The van der Waals surface area contributed by atoms with Crippen molar-refractivity contribution in [2.24, 2.45) is 0 Å². The van der Waals surface area contributed by atoms with Gasteiger partial charge in [0, 0.05) is 23.6 Å². The molecule has 2 aromatic heterocycles. The quantitative estimate of drug-likeness (QED) is 0.485. The second kappa shape index (κ2) is 7.21. The van der Waals surface area contributed by atoms with Crippen molar-refractivity contribution in [1.82, 2.24) is 14.5 Å². The average Bonchev–Trinajstić information content (AvgIpc) is 3.21. The molecule has 4 rings (SSSR count). The molecule has 1 aliphatic rings. The summed E-state index contributed by atoms with van der Waals surface area (Å²) in [5.74, 6) is 0.129. The lowest BCUT2D eigenvalue weighted by Gasteiger charge is -2.19. The van der Waals surface area contributed by atoms with Gasteiger partial charge in [0.05, 0.1) is 29.7 Å². The molecule has 1 aliphatic heterocycles. The number of hydrogen-bond donors (Lipinski definition) is 0. The van der Waals surface area contributed by atoms with E-state index in [2.05, 4.69) is 32.3 Å². The van der Waals surface area contributed by atoms with Crippen molar-refractivity contribution in [3.8, 4) is 5.69 Å². The van der Waals surface area contributed by atoms with Crippen LogP contribution in [-0.4, -0.2) is 39.4 Å². The Labute approximate surface area is 165 Å². The van der Waals surface area contributed by atoms with Crippen LogP contribution in [-0.2, 0) is 0 Å². The van der Waals surface area contributed by atoms with Crippen molar-refractivity contribution in [1.29, 1.82) is 0 Å². The minimum Gasteiger partial charge on any atom is -0.312 e. The lowest BCUT2D eigenvalue weighted by molar-refractivity contribution is 0.0927. The van der Waals surface area contributed by atoms with E-state index in [1.807, 2.05) is 44.3 Å². The number of rotatable bonds is 4. The molecule has 0 bridgehead atoms. The molecular formula is C23H24N4O. The molecule has 0 spiro atoms. The van der Waals surface area contributed by atoms with Crippen LogP contribution in [0, 0.1) is 20.4 Å². The van der Waals surface area contributed by atoms with E-state index in [-0.39, 0.29) is 5.78 Å². The SMILES string of the molecule is [C-]#[N+]c1ccc(-n2c(C)c(C(=O)CN3CCC[C@@H]3C)c3ncc(C)cc32)cc1. The predicted octanol–water partition coefficient (Wildman–Crippen LogP) is 4.86. The number of hydrogen-bond acceptors (Lipinski definition) is 3. The Morgan fingerprint density at radius 2 is 2.04 bits per heavy atom. The first-order chi connectivity index (χ1) is 13.5. The highest BCUT2D eigenvalue weighted by atomic mass is 16.1. The molecule has 0 saturated carbocycles. The molecule has 0 aliphatic carbocycles. The Balaban J connectivity index is 1.84. The van der Waals surface area contributed by atoms with Gasteiger partial charge in [0.25, 0.3) is 0 Å². The third kappa shape index (κ3) is 3.10. The monoisotopic (exact) mass is 372 g/mol. The van der Waals surface area contributed by atoms with Crippen molar-refractivity contribution in [2.75, 3.05) is 13.1 Å². The molecule has 142 valence electrons. The predicted molar refractivity (Wildman–Crippen MR) is 111 cm³/mol. The Morgan fingerprint density at radius 1 is 1.29 bits per heavy atom. The number of pyridine rings is 1. The summed E-state index contributed by atoms with van der Waals surface area (Å²) < 4.78 is 2.09. The molecule has 0 N–H and O–H groups in total. The molecule has 5 nitrogen and oxygen atoms in total. The summed E-state index contributed by atoms with van der Waals surface area (Å²) in [6.07, 6.45) is 4.13. The fraction of sp³-hybridized carbons (Fsp3) is 0.348. The van der Waals surface area contributed by atoms with Crippen molar-refractivity contribution >= 4 is 22.5 Å². The summed E-state index contributed by atoms with van der Waals surface area (Å²) in [5, 5.41) is 0. The molecule has 1 atom stereocenters. The Morgan fingerprint density at radius 3 is 2.68 bits per heavy atom. The first-order valence-electron chi connectivity index (χ1n) is 9.72. The van der Waals surface area contributed by atoms with Gasteiger partial charge in [-0.15, -0.1) is 0 Å². The molecule has 1 fully saturated rings. The minimum absolute atomic E-state index is 0.129. The van der Waals surface area contributed by atoms with E-state index in [1.54, 1.807) is 0 Å². The lowest BCUT2D eigenvalue weighted by Crippen LogP contribution is -2.32. The molecule has 5 heteroatoms. The number of nitrogens with zero attached hydrogens (tertiary/aromatic N) is 4. The highest BCUT2D eigenvalue weighted by Gasteiger charge is 2.27. The van der Waals surface area contributed by atoms with Crippen LogP contribution < -0.4 is 0 Å². The topological polar surface area (TPSA) is 42.5 Å². The summed E-state index contributed by atoms with van der Waals surface area (Å²) in [5.41, 5.74) is 5.91. The third-order valence-corrected chi connectivity index (χ3v) is 5.73. The van der Waals surface area contributed by atoms with E-state index >= 15 is 0 Å². The van der Waals surface area contributed by atoms with Gasteiger partial charge in [-0.1, -0.05) is 12.1 Å². The molecule has 1 saturated heterocycles. The van der Waals surface area contributed by atoms with Gasteiger partial charge < -0.3 is 4.57 Å². The fourth-order valence-corrected chi connectivity index (χ4v) is 4.21. The molecular weight excluding hydrogens is 348 g/mol. The molecule has 0 amide bonds. The number of carbonyl (C=O) groups excluding carboxylic acids is 1. The number of carbonyl (C=O) groups is 1. The molecule has 1 aromatic carbocycles. The first kappa shape index (κ1) is 18.4. The van der Waals surface area contributed by atoms with Crippen molar-refractivity contribution in [3.63, 3.8) is 0 Å². The van der Waals surface area contributed by atoms with E-state index in [9.17, 15) is 4.79 Å². The minimum atomic E-state index is 0.129. The standard InChI is InChI=1S/C23H24N4O/c1-15-12-20-23(25-13-15)22(21(28)14-26-11-5-6-16(26)2)17(3)27(20)19-9-7-18(24-4)8-10-19/h7-10,12-13,16H,5-6,11,14H2,1-3H3/t16-/m0/s1. The van der Waals surface area contributed by atoms with Crippen molar-refractivity contribution in [2.45, 2.75) is 39.7 Å². The number of likely N-dealkylation sites (tertiary alicyclic amines) is 1. The zero-order valence-electron chi connectivity index (χ0n) is 16.6. The van der Waals surface area contributed by atoms with E-state index in [0.717, 1.165) is 47.4 Å². The number of benzene rings is 1. The van der Waals surface area contributed by atoms with Crippen LogP contribution in [0.4, 0.5) is 5.69 Å². The van der Waals surface area contributed by atoms with Crippen LogP contribution in [0.15, 0.2) is 36.5 Å². The largest absolute Gasteiger partial charge is 0.312 e. The van der Waals surface area contributed by atoms with Crippen LogP contribution >= 0.6 is 0 Å². The third-order valence-electron chi connectivity index (χ3n) is 5.73. The van der Waals surface area contributed by atoms with Gasteiger partial charge in [-0.05, 0) is 63.9 Å². The van der Waals surface area contributed by atoms with Gasteiger partial charge >= 0.3 is 0 Å². The van der Waals surface area contributed by atoms with Gasteiger partial charge in [0.15, 0.2) is 11.5 Å². The number of Topliss-reactive ketones (excluding diaryl/α,β-unsaturated/α-hetero) is 1. The zero-order valence-corrected chi connectivity index (χ0v) is 16.6. The number of aromatic nitrogens is 2. The van der Waals surface area contributed by atoms with Crippen LogP contribution in [0.1, 0.15) is 41.4 Å². The van der Waals surface area contributed by atoms with Crippen LogP contribution in [0.5, 0.6) is 0 Å². The van der Waals surface area contributed by atoms with Crippen LogP contribution in [0.3, 0.4) is 0 Å². The second-order valence-electron chi connectivity index (χ2n) is 7.69. The molecule has 0 unspecified atom stereocenters. The summed E-state index contributed by atoms with van der Waals surface area (Å²) in [7, 11) is 0. The summed E-state index contributed by atoms with van der Waals surface area (Å²) in [4.78, 5) is 23.6. The van der Waals surface area contributed by atoms with Gasteiger partial charge in [0.1, 0.15) is 0 Å². The van der Waals surface area contributed by atoms with Gasteiger partial charge in [-0.2, -0.15) is 0 Å². The van der Waals surface area contributed by atoms with E-state index in [1.165, 1.54) is 0 Å². The lowest BCUT2D eigenvalue weighted by atomic mass is 10.1. The van der Waals surface area contributed by atoms with Crippen molar-refractivity contribution < 1.29 is 4.79 Å². The molecule has 28 heavy (non-hydrogen) atoms. The van der Waals surface area contributed by atoms with Crippen LogP contribution in [0.2, 0.25) is 0 Å². The molecule has 3 aromatic rings. The van der Waals surface area contributed by atoms with E-state index in [0.29, 0.717) is 23.8 Å². The normalized spacial score (nSPS) is 17.1. The zero-order chi connectivity index (χ0) is 19.8. The smallest absolute Gasteiger partial charge is 0.187 e. The Bertz CT molecular complexity index is 1090. The average molecular weight is 372 g/mol. The number of aryl methyl sites for hydroxylation is 1. The van der Waals surface area contributed by atoms with Gasteiger partial charge in [-0.25, -0.2) is 4.85 Å².